The molecule has 1 saturated carbocycles. The lowest BCUT2D eigenvalue weighted by Crippen LogP contribution is -2.48. The lowest BCUT2D eigenvalue weighted by Gasteiger charge is -2.34. The van der Waals surface area contributed by atoms with Crippen molar-refractivity contribution in [2.45, 2.75) is 25.3 Å². The van der Waals surface area contributed by atoms with E-state index in [0.717, 1.165) is 11.8 Å². The molecule has 0 radical (unpaired) electrons. The summed E-state index contributed by atoms with van der Waals surface area (Å²) < 4.78 is 22.2. The van der Waals surface area contributed by atoms with Gasteiger partial charge in [0.2, 0.25) is 5.91 Å². The number of amides is 1. The van der Waals surface area contributed by atoms with Crippen LogP contribution in [0.3, 0.4) is 0 Å². The molecule has 0 aromatic carbocycles. The van der Waals surface area contributed by atoms with Gasteiger partial charge in [-0.1, -0.05) is 0 Å². The molecule has 1 atom stereocenters. The van der Waals surface area contributed by atoms with E-state index < -0.39 is 21.3 Å². The molecule has 0 aromatic heterocycles. The summed E-state index contributed by atoms with van der Waals surface area (Å²) in [6, 6.07) is 1.54. The molecule has 86 valence electrons. The molecule has 0 aromatic rings. The quantitative estimate of drug-likeness (QED) is 0.742. The molecule has 1 aliphatic heterocycles. The topological polar surface area (TPSA) is 87.0 Å². The first kappa shape index (κ1) is 11.1. The van der Waals surface area contributed by atoms with Crippen LogP contribution in [0.1, 0.15) is 19.3 Å². The monoisotopic (exact) mass is 240 g/mol. The van der Waals surface area contributed by atoms with Crippen molar-refractivity contribution in [2.24, 2.45) is 5.41 Å². The van der Waals surface area contributed by atoms with Crippen LogP contribution in [-0.2, 0) is 14.6 Å². The van der Waals surface area contributed by atoms with Crippen LogP contribution >= 0.6 is 0 Å². The molecular formula is C10H12N2O3S. The van der Waals surface area contributed by atoms with Gasteiger partial charge in [-0.2, -0.15) is 5.26 Å². The molecule has 0 saturated heterocycles. The molecule has 0 bridgehead atoms. The van der Waals surface area contributed by atoms with E-state index in [2.05, 4.69) is 5.32 Å². The minimum atomic E-state index is -3.16. The number of hydrogen-bond acceptors (Lipinski definition) is 4. The highest BCUT2D eigenvalue weighted by molar-refractivity contribution is 7.94. The van der Waals surface area contributed by atoms with Crippen molar-refractivity contribution >= 4 is 15.7 Å². The van der Waals surface area contributed by atoms with Crippen LogP contribution in [0.15, 0.2) is 11.5 Å². The summed E-state index contributed by atoms with van der Waals surface area (Å²) in [4.78, 5) is 11.8. The molecule has 1 unspecified atom stereocenters. The largest absolute Gasteiger partial charge is 0.347 e. The minimum Gasteiger partial charge on any atom is -0.347 e. The number of carbonyl (C=O) groups excluding carboxylic acids is 1. The van der Waals surface area contributed by atoms with Crippen LogP contribution in [0, 0.1) is 16.7 Å². The number of nitrogens with one attached hydrogen (secondary N) is 1. The van der Waals surface area contributed by atoms with Gasteiger partial charge in [0.1, 0.15) is 5.41 Å². The van der Waals surface area contributed by atoms with E-state index in [0.29, 0.717) is 12.8 Å². The zero-order valence-electron chi connectivity index (χ0n) is 8.64. The molecule has 1 aliphatic carbocycles. The molecule has 6 heteroatoms. The average molecular weight is 240 g/mol. The Hall–Kier alpha value is -1.35. The molecule has 0 spiro atoms. The molecule has 2 rings (SSSR count). The van der Waals surface area contributed by atoms with E-state index in [4.69, 9.17) is 5.26 Å². The third-order valence-electron chi connectivity index (χ3n) is 3.10. The third-order valence-corrected chi connectivity index (χ3v) is 4.50. The smallest absolute Gasteiger partial charge is 0.240 e. The van der Waals surface area contributed by atoms with Crippen molar-refractivity contribution in [1.82, 2.24) is 5.32 Å². The molecular weight excluding hydrogens is 228 g/mol. The fraction of sp³-hybridized carbons (Fsp3) is 0.600. The number of hydrogen-bond donors (Lipinski definition) is 1. The predicted molar refractivity (Wildman–Crippen MR) is 56.8 cm³/mol. The molecule has 5 nitrogen and oxygen atoms in total. The van der Waals surface area contributed by atoms with Crippen molar-refractivity contribution in [1.29, 1.82) is 5.26 Å². The number of rotatable bonds is 2. The third kappa shape index (κ3) is 1.83. The van der Waals surface area contributed by atoms with Gasteiger partial charge in [0.25, 0.3) is 0 Å². The van der Waals surface area contributed by atoms with Crippen molar-refractivity contribution in [3.05, 3.63) is 11.5 Å². The second kappa shape index (κ2) is 3.59. The molecule has 1 amide bonds. The van der Waals surface area contributed by atoms with Crippen molar-refractivity contribution in [3.8, 4) is 6.07 Å². The van der Waals surface area contributed by atoms with Crippen LogP contribution in [0.2, 0.25) is 0 Å². The van der Waals surface area contributed by atoms with E-state index in [1.807, 2.05) is 6.07 Å². The average Bonchev–Trinajstić information content (AvgIpc) is 2.44. The van der Waals surface area contributed by atoms with Gasteiger partial charge >= 0.3 is 0 Å². The Labute approximate surface area is 94.1 Å². The Morgan fingerprint density at radius 1 is 1.50 bits per heavy atom. The fourth-order valence-corrected chi connectivity index (χ4v) is 3.13. The van der Waals surface area contributed by atoms with Gasteiger partial charge < -0.3 is 5.32 Å². The molecule has 2 aliphatic rings. The van der Waals surface area contributed by atoms with Crippen molar-refractivity contribution in [2.75, 3.05) is 5.75 Å². The summed E-state index contributed by atoms with van der Waals surface area (Å²) in [7, 11) is -3.16. The van der Waals surface area contributed by atoms with Gasteiger partial charge in [-0.05, 0) is 25.3 Å². The Bertz CT molecular complexity index is 483. The number of carbonyl (C=O) groups is 1. The van der Waals surface area contributed by atoms with Crippen LogP contribution in [-0.4, -0.2) is 26.1 Å². The first-order valence-corrected chi connectivity index (χ1v) is 6.82. The maximum Gasteiger partial charge on any atom is 0.240 e. The zero-order valence-corrected chi connectivity index (χ0v) is 9.46. The van der Waals surface area contributed by atoms with Crippen LogP contribution in [0.4, 0.5) is 0 Å². The van der Waals surface area contributed by atoms with Gasteiger partial charge in [0.05, 0.1) is 17.9 Å². The lowest BCUT2D eigenvalue weighted by atomic mass is 9.69. The maximum atomic E-state index is 11.8. The SMILES string of the molecule is N#CC1(C(=O)NC2C=CS(=O)(=O)C2)CCC1. The second-order valence-electron chi connectivity index (χ2n) is 4.29. The molecule has 1 N–H and O–H groups in total. The van der Waals surface area contributed by atoms with Crippen LogP contribution in [0.5, 0.6) is 0 Å². The molecule has 1 heterocycles. The molecule has 16 heavy (non-hydrogen) atoms. The highest BCUT2D eigenvalue weighted by Gasteiger charge is 2.45. The van der Waals surface area contributed by atoms with E-state index in [9.17, 15) is 13.2 Å². The van der Waals surface area contributed by atoms with E-state index in [1.165, 1.54) is 6.08 Å². The second-order valence-corrected chi connectivity index (χ2v) is 6.22. The van der Waals surface area contributed by atoms with E-state index in [1.54, 1.807) is 0 Å². The van der Waals surface area contributed by atoms with Crippen molar-refractivity contribution < 1.29 is 13.2 Å². The van der Waals surface area contributed by atoms with E-state index in [-0.39, 0.29) is 11.7 Å². The van der Waals surface area contributed by atoms with E-state index >= 15 is 0 Å². The number of sulfone groups is 1. The van der Waals surface area contributed by atoms with Gasteiger partial charge in [0.15, 0.2) is 9.84 Å². The summed E-state index contributed by atoms with van der Waals surface area (Å²) in [5.41, 5.74) is -0.916. The fourth-order valence-electron chi connectivity index (χ4n) is 1.89. The van der Waals surface area contributed by atoms with Gasteiger partial charge in [-0.3, -0.25) is 4.79 Å². The summed E-state index contributed by atoms with van der Waals surface area (Å²) in [5, 5.41) is 12.6. The Morgan fingerprint density at radius 3 is 2.56 bits per heavy atom. The normalized spacial score (nSPS) is 29.1. The minimum absolute atomic E-state index is 0.0970. The first-order valence-electron chi connectivity index (χ1n) is 5.11. The number of nitrogens with zero attached hydrogens (tertiary/aromatic N) is 1. The Morgan fingerprint density at radius 2 is 2.19 bits per heavy atom. The molecule has 1 fully saturated rings. The first-order chi connectivity index (χ1) is 7.47. The van der Waals surface area contributed by atoms with Crippen molar-refractivity contribution in [3.63, 3.8) is 0 Å². The highest BCUT2D eigenvalue weighted by atomic mass is 32.2. The summed E-state index contributed by atoms with van der Waals surface area (Å²) >= 11 is 0. The zero-order chi connectivity index (χ0) is 11.8. The van der Waals surface area contributed by atoms with Gasteiger partial charge in [0, 0.05) is 5.41 Å². The van der Waals surface area contributed by atoms with Crippen LogP contribution in [0.25, 0.3) is 0 Å². The summed E-state index contributed by atoms with van der Waals surface area (Å²) in [6.45, 7) is 0. The Balaban J connectivity index is 2.00. The van der Waals surface area contributed by atoms with Gasteiger partial charge in [-0.25, -0.2) is 8.42 Å². The van der Waals surface area contributed by atoms with Gasteiger partial charge in [-0.15, -0.1) is 0 Å². The standard InChI is InChI=1S/C10H12N2O3S/c11-7-10(3-1-4-10)9(13)12-8-2-5-16(14,15)6-8/h2,5,8H,1,3-4,6H2,(H,12,13). The van der Waals surface area contributed by atoms with Crippen LogP contribution < -0.4 is 5.32 Å². The maximum absolute atomic E-state index is 11.8. The predicted octanol–water partition coefficient (Wildman–Crippen LogP) is 0.107. The number of nitriles is 1. The lowest BCUT2D eigenvalue weighted by molar-refractivity contribution is -0.132. The summed E-state index contributed by atoms with van der Waals surface area (Å²) in [5.74, 6) is -0.437. The summed E-state index contributed by atoms with van der Waals surface area (Å²) in [6.07, 6.45) is 3.47. The Kier molecular flexibility index (Phi) is 2.50. The highest BCUT2D eigenvalue weighted by Crippen LogP contribution is 2.40.